The summed E-state index contributed by atoms with van der Waals surface area (Å²) in [5.74, 6) is 0.126. The molecule has 0 aliphatic heterocycles. The monoisotopic (exact) mass is 402 g/mol. The Morgan fingerprint density at radius 2 is 2.04 bits per heavy atom. The second-order valence-electron chi connectivity index (χ2n) is 4.41. The number of halogens is 1. The van der Waals surface area contributed by atoms with E-state index >= 15 is 0 Å². The topological polar surface area (TPSA) is 94.5 Å². The van der Waals surface area contributed by atoms with E-state index in [1.807, 2.05) is 0 Å². The molecule has 0 unspecified atom stereocenters. The maximum Gasteiger partial charge on any atom is 0.270 e. The van der Waals surface area contributed by atoms with Gasteiger partial charge in [0.15, 0.2) is 0 Å². The van der Waals surface area contributed by atoms with E-state index in [1.165, 1.54) is 38.7 Å². The predicted octanol–water partition coefficient (Wildman–Crippen LogP) is 1.75. The number of methoxy groups -OCH3 is 2. The van der Waals surface area contributed by atoms with Crippen molar-refractivity contribution in [2.45, 2.75) is 11.8 Å². The molecule has 2 aromatic heterocycles. The van der Waals surface area contributed by atoms with E-state index in [-0.39, 0.29) is 27.9 Å². The van der Waals surface area contributed by atoms with Crippen LogP contribution in [0.4, 0.5) is 5.82 Å². The third-order valence-electron chi connectivity index (χ3n) is 2.81. The van der Waals surface area contributed by atoms with E-state index in [2.05, 4.69) is 30.9 Å². The first-order valence-electron chi connectivity index (χ1n) is 6.41. The number of aromatic nitrogens is 3. The summed E-state index contributed by atoms with van der Waals surface area (Å²) in [4.78, 5) is 12.2. The van der Waals surface area contributed by atoms with E-state index in [4.69, 9.17) is 9.47 Å². The zero-order valence-electron chi connectivity index (χ0n) is 12.7. The lowest BCUT2D eigenvalue weighted by molar-refractivity contribution is 0.208. The standard InChI is InChI=1S/C13H15BrN4O4S/c1-9-7-16-12(13(17-9)22-3)18(8-21-2)23(19,20)10-5-4-6-15-11(10)14/h4-7H,8H2,1-3H3. The van der Waals surface area contributed by atoms with E-state index in [1.54, 1.807) is 6.92 Å². The third kappa shape index (κ3) is 3.59. The summed E-state index contributed by atoms with van der Waals surface area (Å²) in [6.45, 7) is 1.48. The maximum absolute atomic E-state index is 12.9. The first kappa shape index (κ1) is 17.6. The molecule has 2 rings (SSSR count). The van der Waals surface area contributed by atoms with Gasteiger partial charge in [-0.2, -0.15) is 0 Å². The van der Waals surface area contributed by atoms with Crippen molar-refractivity contribution in [1.29, 1.82) is 0 Å². The van der Waals surface area contributed by atoms with Gasteiger partial charge in [-0.1, -0.05) is 0 Å². The molecule has 0 aliphatic carbocycles. The molecule has 8 nitrogen and oxygen atoms in total. The number of sulfonamides is 1. The summed E-state index contributed by atoms with van der Waals surface area (Å²) in [6.07, 6.45) is 2.93. The highest BCUT2D eigenvalue weighted by atomic mass is 79.9. The fourth-order valence-electron chi connectivity index (χ4n) is 1.80. The minimum absolute atomic E-state index is 0.0125. The highest BCUT2D eigenvalue weighted by Crippen LogP contribution is 2.30. The lowest BCUT2D eigenvalue weighted by Crippen LogP contribution is -2.34. The quantitative estimate of drug-likeness (QED) is 0.536. The van der Waals surface area contributed by atoms with Gasteiger partial charge < -0.3 is 9.47 Å². The normalized spacial score (nSPS) is 11.3. The van der Waals surface area contributed by atoms with Crippen LogP contribution in [0.2, 0.25) is 0 Å². The Balaban J connectivity index is 2.61. The van der Waals surface area contributed by atoms with Crippen LogP contribution in [-0.4, -0.2) is 44.3 Å². The SMILES string of the molecule is COCN(c1ncc(C)nc1OC)S(=O)(=O)c1cccnc1Br. The molecule has 0 radical (unpaired) electrons. The van der Waals surface area contributed by atoms with Gasteiger partial charge in [0.25, 0.3) is 15.9 Å². The average molecular weight is 403 g/mol. The van der Waals surface area contributed by atoms with Crippen molar-refractivity contribution in [2.24, 2.45) is 0 Å². The van der Waals surface area contributed by atoms with Crippen LogP contribution in [0.15, 0.2) is 34.0 Å². The minimum atomic E-state index is -3.98. The Morgan fingerprint density at radius 1 is 1.30 bits per heavy atom. The molecule has 0 atom stereocenters. The molecule has 0 amide bonds. The fourth-order valence-corrected chi connectivity index (χ4v) is 4.02. The minimum Gasteiger partial charge on any atom is -0.478 e. The van der Waals surface area contributed by atoms with Crippen molar-refractivity contribution >= 4 is 31.8 Å². The van der Waals surface area contributed by atoms with Gasteiger partial charge in [0, 0.05) is 13.3 Å². The van der Waals surface area contributed by atoms with E-state index < -0.39 is 10.0 Å². The molecule has 2 heterocycles. The van der Waals surface area contributed by atoms with Crippen LogP contribution in [-0.2, 0) is 14.8 Å². The molecule has 0 aromatic carbocycles. The predicted molar refractivity (Wildman–Crippen MR) is 86.8 cm³/mol. The van der Waals surface area contributed by atoms with Crippen LogP contribution in [0.1, 0.15) is 5.69 Å². The lowest BCUT2D eigenvalue weighted by Gasteiger charge is -2.23. The van der Waals surface area contributed by atoms with Gasteiger partial charge in [0.1, 0.15) is 16.2 Å². The van der Waals surface area contributed by atoms with Gasteiger partial charge in [-0.15, -0.1) is 0 Å². The molecule has 23 heavy (non-hydrogen) atoms. The molecule has 10 heteroatoms. The number of ether oxygens (including phenoxy) is 2. The molecule has 0 saturated carbocycles. The largest absolute Gasteiger partial charge is 0.478 e. The van der Waals surface area contributed by atoms with Gasteiger partial charge in [-0.3, -0.25) is 0 Å². The van der Waals surface area contributed by atoms with Gasteiger partial charge in [-0.05, 0) is 35.0 Å². The van der Waals surface area contributed by atoms with Crippen molar-refractivity contribution < 1.29 is 17.9 Å². The van der Waals surface area contributed by atoms with Crippen LogP contribution in [0, 0.1) is 6.92 Å². The van der Waals surface area contributed by atoms with Crippen molar-refractivity contribution in [2.75, 3.05) is 25.3 Å². The fraction of sp³-hybridized carbons (Fsp3) is 0.308. The number of hydrogen-bond acceptors (Lipinski definition) is 7. The molecule has 0 aliphatic rings. The molecular formula is C13H15BrN4O4S. The Labute approximate surface area is 142 Å². The van der Waals surface area contributed by atoms with E-state index in [0.717, 1.165) is 4.31 Å². The lowest BCUT2D eigenvalue weighted by atomic mass is 10.5. The maximum atomic E-state index is 12.9. The molecule has 0 spiro atoms. The summed E-state index contributed by atoms with van der Waals surface area (Å²) < 4.78 is 37.2. The van der Waals surface area contributed by atoms with E-state index in [0.29, 0.717) is 5.69 Å². The summed E-state index contributed by atoms with van der Waals surface area (Å²) in [5.41, 5.74) is 0.600. The molecule has 0 bridgehead atoms. The summed E-state index contributed by atoms with van der Waals surface area (Å²) >= 11 is 3.15. The zero-order valence-corrected chi connectivity index (χ0v) is 15.1. The van der Waals surface area contributed by atoms with Gasteiger partial charge in [0.05, 0.1) is 19.0 Å². The van der Waals surface area contributed by atoms with Crippen LogP contribution >= 0.6 is 15.9 Å². The van der Waals surface area contributed by atoms with Gasteiger partial charge in [0.2, 0.25) is 5.82 Å². The van der Waals surface area contributed by atoms with Crippen molar-refractivity contribution in [3.05, 3.63) is 34.8 Å². The molecule has 2 aromatic rings. The number of nitrogens with zero attached hydrogens (tertiary/aromatic N) is 4. The van der Waals surface area contributed by atoms with Gasteiger partial charge in [-0.25, -0.2) is 27.7 Å². The Bertz CT molecular complexity index is 800. The summed E-state index contributed by atoms with van der Waals surface area (Å²) in [5, 5.41) is 0. The highest BCUT2D eigenvalue weighted by Gasteiger charge is 2.31. The van der Waals surface area contributed by atoms with Crippen LogP contribution < -0.4 is 9.04 Å². The first-order chi connectivity index (χ1) is 10.9. The second-order valence-corrected chi connectivity index (χ2v) is 6.99. The summed E-state index contributed by atoms with van der Waals surface area (Å²) in [6, 6.07) is 2.96. The summed E-state index contributed by atoms with van der Waals surface area (Å²) in [7, 11) is -1.20. The number of rotatable bonds is 6. The molecular weight excluding hydrogens is 388 g/mol. The van der Waals surface area contributed by atoms with Crippen LogP contribution in [0.25, 0.3) is 0 Å². The third-order valence-corrected chi connectivity index (χ3v) is 5.45. The van der Waals surface area contributed by atoms with Crippen LogP contribution in [0.3, 0.4) is 0 Å². The second kappa shape index (κ2) is 7.20. The Morgan fingerprint density at radius 3 is 2.65 bits per heavy atom. The van der Waals surface area contributed by atoms with Crippen molar-refractivity contribution in [3.63, 3.8) is 0 Å². The zero-order chi connectivity index (χ0) is 17.0. The van der Waals surface area contributed by atoms with Crippen molar-refractivity contribution in [3.8, 4) is 5.88 Å². The molecule has 0 fully saturated rings. The number of aryl methyl sites for hydroxylation is 1. The molecule has 0 saturated heterocycles. The number of hydrogen-bond donors (Lipinski definition) is 0. The average Bonchev–Trinajstić information content (AvgIpc) is 2.53. The van der Waals surface area contributed by atoms with E-state index in [9.17, 15) is 8.42 Å². The van der Waals surface area contributed by atoms with Gasteiger partial charge >= 0.3 is 0 Å². The van der Waals surface area contributed by atoms with Crippen LogP contribution in [0.5, 0.6) is 5.88 Å². The highest BCUT2D eigenvalue weighted by molar-refractivity contribution is 9.10. The van der Waals surface area contributed by atoms with Crippen molar-refractivity contribution in [1.82, 2.24) is 15.0 Å². The molecule has 0 N–H and O–H groups in total. The Hall–Kier alpha value is -1.78. The number of anilines is 1. The molecule has 124 valence electrons. The Kier molecular flexibility index (Phi) is 5.50. The smallest absolute Gasteiger partial charge is 0.270 e. The number of pyridine rings is 1. The first-order valence-corrected chi connectivity index (χ1v) is 8.65.